The Kier molecular flexibility index (Phi) is 5.04. The van der Waals surface area contributed by atoms with Crippen molar-refractivity contribution in [2.45, 2.75) is 17.4 Å². The molecule has 1 atom stereocenters. The number of carbonyl (C=O) groups excluding carboxylic acids is 1. The normalized spacial score (nSPS) is 15.8. The minimum absolute atomic E-state index is 0.232. The number of carboxylic acid groups (broad SMARTS) is 2. The van der Waals surface area contributed by atoms with Crippen molar-refractivity contribution in [2.24, 2.45) is 0 Å². The molecule has 1 amide bonds. The van der Waals surface area contributed by atoms with Gasteiger partial charge in [0.2, 0.25) is 10.0 Å². The molecule has 1 aromatic carbocycles. The topological polar surface area (TPSA) is 150 Å². The van der Waals surface area contributed by atoms with Crippen molar-refractivity contribution in [1.29, 1.82) is 0 Å². The number of ether oxygens (including phenoxy) is 1. The number of amides is 1. The molecule has 10 nitrogen and oxygen atoms in total. The number of hydrogen-bond donors (Lipinski definition) is 3. The zero-order chi connectivity index (χ0) is 17.9. The van der Waals surface area contributed by atoms with E-state index in [2.05, 4.69) is 0 Å². The fraction of sp³-hybridized carbons (Fsp3) is 0.308. The number of rotatable bonds is 7. The summed E-state index contributed by atoms with van der Waals surface area (Å²) in [6.45, 7) is 0.568. The smallest absolute Gasteiger partial charge is 0.414 e. The van der Waals surface area contributed by atoms with Crippen LogP contribution in [0.2, 0.25) is 0 Å². The third-order valence-electron chi connectivity index (χ3n) is 3.19. The number of cyclic esters (lactones) is 1. The van der Waals surface area contributed by atoms with Crippen molar-refractivity contribution in [3.63, 3.8) is 0 Å². The lowest BCUT2D eigenvalue weighted by atomic mass is 10.2. The van der Waals surface area contributed by atoms with Crippen LogP contribution in [0.4, 0.5) is 10.5 Å². The van der Waals surface area contributed by atoms with Gasteiger partial charge in [0.15, 0.2) is 0 Å². The molecule has 0 aliphatic carbocycles. The average molecular weight is 358 g/mol. The largest absolute Gasteiger partial charge is 0.481 e. The van der Waals surface area contributed by atoms with Crippen LogP contribution in [0.25, 0.3) is 0 Å². The highest BCUT2D eigenvalue weighted by Gasteiger charge is 2.28. The van der Waals surface area contributed by atoms with Crippen molar-refractivity contribution < 1.29 is 37.8 Å². The first-order valence-electron chi connectivity index (χ1n) is 6.72. The monoisotopic (exact) mass is 358 g/mol. The second-order valence-corrected chi connectivity index (χ2v) is 6.58. The van der Waals surface area contributed by atoms with E-state index >= 15 is 0 Å². The Morgan fingerprint density at radius 1 is 1.25 bits per heavy atom. The number of aliphatic carboxylic acids is 2. The van der Waals surface area contributed by atoms with Gasteiger partial charge < -0.3 is 14.9 Å². The molecule has 0 spiro atoms. The van der Waals surface area contributed by atoms with Crippen LogP contribution in [-0.4, -0.2) is 55.9 Å². The first kappa shape index (κ1) is 17.7. The molecule has 11 heteroatoms. The maximum absolute atomic E-state index is 12.2. The van der Waals surface area contributed by atoms with Crippen molar-refractivity contribution in [1.82, 2.24) is 4.72 Å². The van der Waals surface area contributed by atoms with Crippen LogP contribution < -0.4 is 9.62 Å². The van der Waals surface area contributed by atoms with Gasteiger partial charge >= 0.3 is 18.0 Å². The number of benzene rings is 1. The van der Waals surface area contributed by atoms with Gasteiger partial charge in [-0.05, 0) is 24.3 Å². The van der Waals surface area contributed by atoms with Crippen LogP contribution in [0.15, 0.2) is 29.2 Å². The van der Waals surface area contributed by atoms with E-state index in [1.807, 2.05) is 4.72 Å². The molecule has 2 rings (SSSR count). The van der Waals surface area contributed by atoms with Crippen LogP contribution in [0.3, 0.4) is 0 Å². The average Bonchev–Trinajstić information content (AvgIpc) is 2.92. The summed E-state index contributed by atoms with van der Waals surface area (Å²) >= 11 is 0. The van der Waals surface area contributed by atoms with Crippen molar-refractivity contribution >= 4 is 33.7 Å². The summed E-state index contributed by atoms with van der Waals surface area (Å²) in [4.78, 5) is 34.1. The molecule has 0 aromatic heterocycles. The number of carbonyl (C=O) groups is 3. The van der Waals surface area contributed by atoms with Gasteiger partial charge in [0.05, 0.1) is 17.9 Å². The lowest BCUT2D eigenvalue weighted by Crippen LogP contribution is -2.42. The molecule has 3 N–H and O–H groups in total. The molecule has 1 aliphatic rings. The molecule has 0 bridgehead atoms. The predicted octanol–water partition coefficient (Wildman–Crippen LogP) is -0.151. The van der Waals surface area contributed by atoms with Crippen LogP contribution in [0.5, 0.6) is 0 Å². The third-order valence-corrected chi connectivity index (χ3v) is 4.68. The van der Waals surface area contributed by atoms with Crippen LogP contribution in [-0.2, 0) is 24.3 Å². The summed E-state index contributed by atoms with van der Waals surface area (Å²) in [7, 11) is -4.23. The van der Waals surface area contributed by atoms with Crippen LogP contribution in [0.1, 0.15) is 6.42 Å². The Morgan fingerprint density at radius 2 is 1.88 bits per heavy atom. The van der Waals surface area contributed by atoms with E-state index in [4.69, 9.17) is 14.9 Å². The highest BCUT2D eigenvalue weighted by Crippen LogP contribution is 2.21. The van der Waals surface area contributed by atoms with Gasteiger partial charge in [0.1, 0.15) is 12.6 Å². The molecule has 1 saturated heterocycles. The van der Waals surface area contributed by atoms with Gasteiger partial charge in [-0.1, -0.05) is 0 Å². The molecule has 130 valence electrons. The summed E-state index contributed by atoms with van der Waals surface area (Å²) in [5.41, 5.74) is 0.428. The van der Waals surface area contributed by atoms with Gasteiger partial charge in [-0.2, -0.15) is 4.72 Å². The molecule has 0 radical (unpaired) electrons. The minimum atomic E-state index is -4.23. The Bertz CT molecular complexity index is 759. The summed E-state index contributed by atoms with van der Waals surface area (Å²) in [5, 5.41) is 17.5. The Hall–Kier alpha value is -2.66. The van der Waals surface area contributed by atoms with E-state index in [-0.39, 0.29) is 11.5 Å². The van der Waals surface area contributed by atoms with Crippen LogP contribution >= 0.6 is 0 Å². The lowest BCUT2D eigenvalue weighted by Gasteiger charge is -2.15. The van der Waals surface area contributed by atoms with Gasteiger partial charge in [0, 0.05) is 5.69 Å². The zero-order valence-electron chi connectivity index (χ0n) is 12.2. The first-order valence-corrected chi connectivity index (χ1v) is 8.20. The maximum Gasteiger partial charge on any atom is 0.414 e. The van der Waals surface area contributed by atoms with Gasteiger partial charge in [-0.25, -0.2) is 13.2 Å². The number of hydrogen-bond acceptors (Lipinski definition) is 6. The van der Waals surface area contributed by atoms with E-state index in [0.29, 0.717) is 12.2 Å². The molecule has 1 aromatic rings. The standard InChI is InChI=1S/C13H14N2O8S/c16-11(17)7-10(12(18)19)14-24(21,22)9-3-1-8(2-4-9)15-5-6-23-13(15)20/h1-4,10,14H,5-7H2,(H,16,17)(H,18,19). The van der Waals surface area contributed by atoms with E-state index in [1.54, 1.807) is 0 Å². The number of anilines is 1. The molecule has 0 saturated carbocycles. The minimum Gasteiger partial charge on any atom is -0.481 e. The summed E-state index contributed by atoms with van der Waals surface area (Å²) in [6, 6.07) is 3.31. The fourth-order valence-electron chi connectivity index (χ4n) is 2.04. The Balaban J connectivity index is 2.18. The predicted molar refractivity (Wildman–Crippen MR) is 79.1 cm³/mol. The summed E-state index contributed by atoms with van der Waals surface area (Å²) < 4.78 is 30.9. The Morgan fingerprint density at radius 3 is 2.33 bits per heavy atom. The Labute approximate surface area is 136 Å². The molecule has 1 aliphatic heterocycles. The van der Waals surface area contributed by atoms with E-state index in [9.17, 15) is 22.8 Å². The van der Waals surface area contributed by atoms with Gasteiger partial charge in [0.25, 0.3) is 0 Å². The maximum atomic E-state index is 12.2. The third kappa shape index (κ3) is 4.00. The highest BCUT2D eigenvalue weighted by molar-refractivity contribution is 7.89. The summed E-state index contributed by atoms with van der Waals surface area (Å²) in [5.74, 6) is -3.05. The molecule has 1 unspecified atom stereocenters. The number of nitrogens with one attached hydrogen (secondary N) is 1. The SMILES string of the molecule is O=C(O)CC(NS(=O)(=O)c1ccc(N2CCOC2=O)cc1)C(=O)O. The van der Waals surface area contributed by atoms with Gasteiger partial charge in [-0.3, -0.25) is 14.5 Å². The molecular weight excluding hydrogens is 344 g/mol. The van der Waals surface area contributed by atoms with E-state index in [0.717, 1.165) is 0 Å². The van der Waals surface area contributed by atoms with Crippen molar-refractivity contribution in [2.75, 3.05) is 18.1 Å². The summed E-state index contributed by atoms with van der Waals surface area (Å²) in [6.07, 6.45) is -1.44. The second kappa shape index (κ2) is 6.84. The van der Waals surface area contributed by atoms with Crippen molar-refractivity contribution in [3.8, 4) is 0 Å². The number of nitrogens with zero attached hydrogens (tertiary/aromatic N) is 1. The fourth-order valence-corrected chi connectivity index (χ4v) is 3.23. The molecule has 1 fully saturated rings. The van der Waals surface area contributed by atoms with Crippen LogP contribution in [0, 0.1) is 0 Å². The van der Waals surface area contributed by atoms with Gasteiger partial charge in [-0.15, -0.1) is 0 Å². The quantitative estimate of drug-likeness (QED) is 0.609. The second-order valence-electron chi connectivity index (χ2n) is 4.87. The number of sulfonamides is 1. The van der Waals surface area contributed by atoms with E-state index < -0.39 is 40.5 Å². The zero-order valence-corrected chi connectivity index (χ0v) is 13.0. The van der Waals surface area contributed by atoms with Crippen molar-refractivity contribution in [3.05, 3.63) is 24.3 Å². The first-order chi connectivity index (χ1) is 11.2. The number of carboxylic acids is 2. The molecular formula is C13H14N2O8S. The highest BCUT2D eigenvalue weighted by atomic mass is 32.2. The lowest BCUT2D eigenvalue weighted by molar-refractivity contribution is -0.145. The van der Waals surface area contributed by atoms with E-state index in [1.165, 1.54) is 29.2 Å². The molecule has 24 heavy (non-hydrogen) atoms. The molecule has 1 heterocycles.